The molecule has 0 unspecified atom stereocenters. The molecule has 0 fully saturated rings. The van der Waals surface area contributed by atoms with E-state index in [-0.39, 0.29) is 0 Å². The maximum Gasteiger partial charge on any atom is 0.0130 e. The van der Waals surface area contributed by atoms with E-state index in [1.165, 1.54) is 25.8 Å². The van der Waals surface area contributed by atoms with Crippen molar-refractivity contribution in [3.63, 3.8) is 0 Å². The van der Waals surface area contributed by atoms with Crippen LogP contribution in [0.4, 0.5) is 0 Å². The van der Waals surface area contributed by atoms with E-state index < -0.39 is 0 Å². The fraction of sp³-hybridized carbons (Fsp3) is 0. The molecule has 0 aliphatic carbocycles. The molecular weight excluding hydrogens is 343 g/mol. The number of rotatable bonds is 2. The minimum Gasteiger partial charge on any atom is -0.0622 e. The van der Waals surface area contributed by atoms with Gasteiger partial charge in [-0.1, -0.05) is 60.7 Å². The van der Waals surface area contributed by atoms with E-state index in [4.69, 9.17) is 0 Å². The summed E-state index contributed by atoms with van der Waals surface area (Å²) in [5.41, 5.74) is 5.04. The topological polar surface area (TPSA) is 0 Å². The van der Waals surface area contributed by atoms with Gasteiger partial charge in [-0.15, -0.1) is 0 Å². The lowest BCUT2D eigenvalue weighted by Gasteiger charge is -2.06. The standard InChI is InChI=1S/C18H13I/c19-18-11-9-15(10-12-18)17-8-4-7-16(13-17)14-5-2-1-3-6-14/h1-13H. The Kier molecular flexibility index (Phi) is 3.65. The Morgan fingerprint density at radius 2 is 1.00 bits per heavy atom. The van der Waals surface area contributed by atoms with Crippen LogP contribution in [0, 0.1) is 3.57 Å². The monoisotopic (exact) mass is 356 g/mol. The number of halogens is 1. The Labute approximate surface area is 127 Å². The summed E-state index contributed by atoms with van der Waals surface area (Å²) in [5.74, 6) is 0. The first-order valence-electron chi connectivity index (χ1n) is 6.24. The average Bonchev–Trinajstić information content (AvgIpc) is 2.49. The molecule has 0 aromatic heterocycles. The van der Waals surface area contributed by atoms with Crippen LogP contribution in [0.3, 0.4) is 0 Å². The second kappa shape index (κ2) is 5.57. The highest BCUT2D eigenvalue weighted by Crippen LogP contribution is 2.26. The quantitative estimate of drug-likeness (QED) is 0.523. The van der Waals surface area contributed by atoms with E-state index in [1.807, 2.05) is 6.07 Å². The first-order valence-corrected chi connectivity index (χ1v) is 7.32. The summed E-state index contributed by atoms with van der Waals surface area (Å²) < 4.78 is 1.26. The second-order valence-electron chi connectivity index (χ2n) is 4.45. The average molecular weight is 356 g/mol. The smallest absolute Gasteiger partial charge is 0.0130 e. The fourth-order valence-corrected chi connectivity index (χ4v) is 2.51. The van der Waals surface area contributed by atoms with Crippen molar-refractivity contribution < 1.29 is 0 Å². The van der Waals surface area contributed by atoms with Crippen LogP contribution in [0.25, 0.3) is 22.3 Å². The van der Waals surface area contributed by atoms with Gasteiger partial charge in [-0.3, -0.25) is 0 Å². The van der Waals surface area contributed by atoms with Gasteiger partial charge in [-0.25, -0.2) is 0 Å². The van der Waals surface area contributed by atoms with E-state index in [1.54, 1.807) is 0 Å². The third-order valence-corrected chi connectivity index (χ3v) is 3.87. The highest BCUT2D eigenvalue weighted by molar-refractivity contribution is 14.1. The summed E-state index contributed by atoms with van der Waals surface area (Å²) in [7, 11) is 0. The van der Waals surface area contributed by atoms with Crippen molar-refractivity contribution in [2.75, 3.05) is 0 Å². The molecule has 1 heteroatoms. The number of hydrogen-bond donors (Lipinski definition) is 0. The van der Waals surface area contributed by atoms with Crippen LogP contribution >= 0.6 is 22.6 Å². The van der Waals surface area contributed by atoms with E-state index >= 15 is 0 Å². The SMILES string of the molecule is Ic1ccc(-c2cccc(-c3ccccc3)c2)cc1. The molecule has 0 atom stereocenters. The zero-order valence-electron chi connectivity index (χ0n) is 10.4. The molecular formula is C18H13I. The lowest BCUT2D eigenvalue weighted by molar-refractivity contribution is 1.57. The summed E-state index contributed by atoms with van der Waals surface area (Å²) >= 11 is 2.33. The van der Waals surface area contributed by atoms with Gasteiger partial charge in [0.1, 0.15) is 0 Å². The van der Waals surface area contributed by atoms with Crippen LogP contribution in [-0.2, 0) is 0 Å². The van der Waals surface area contributed by atoms with Gasteiger partial charge in [0.05, 0.1) is 0 Å². The van der Waals surface area contributed by atoms with Gasteiger partial charge in [0.15, 0.2) is 0 Å². The number of hydrogen-bond acceptors (Lipinski definition) is 0. The van der Waals surface area contributed by atoms with Crippen LogP contribution in [0.5, 0.6) is 0 Å². The Bertz CT molecular complexity index is 670. The summed E-state index contributed by atoms with van der Waals surface area (Å²) in [6.07, 6.45) is 0. The fourth-order valence-electron chi connectivity index (χ4n) is 2.15. The predicted molar refractivity (Wildman–Crippen MR) is 90.0 cm³/mol. The summed E-state index contributed by atoms with van der Waals surface area (Å²) in [5, 5.41) is 0. The summed E-state index contributed by atoms with van der Waals surface area (Å²) in [6, 6.07) is 27.8. The van der Waals surface area contributed by atoms with Gasteiger partial charge < -0.3 is 0 Å². The Balaban J connectivity index is 2.03. The number of benzene rings is 3. The Hall–Kier alpha value is -1.61. The van der Waals surface area contributed by atoms with Gasteiger partial charge in [0.2, 0.25) is 0 Å². The van der Waals surface area contributed by atoms with Gasteiger partial charge in [-0.05, 0) is 63.0 Å². The molecule has 92 valence electrons. The van der Waals surface area contributed by atoms with Gasteiger partial charge >= 0.3 is 0 Å². The first kappa shape index (κ1) is 12.4. The first-order chi connectivity index (χ1) is 9.33. The van der Waals surface area contributed by atoms with E-state index in [0.717, 1.165) is 0 Å². The summed E-state index contributed by atoms with van der Waals surface area (Å²) in [6.45, 7) is 0. The highest BCUT2D eigenvalue weighted by atomic mass is 127. The van der Waals surface area contributed by atoms with Crippen LogP contribution in [0.15, 0.2) is 78.9 Å². The van der Waals surface area contributed by atoms with Crippen LogP contribution < -0.4 is 0 Å². The molecule has 0 N–H and O–H groups in total. The normalized spacial score (nSPS) is 10.4. The molecule has 0 nitrogen and oxygen atoms in total. The van der Waals surface area contributed by atoms with Crippen molar-refractivity contribution in [2.45, 2.75) is 0 Å². The molecule has 3 aromatic rings. The van der Waals surface area contributed by atoms with E-state index in [0.29, 0.717) is 0 Å². The molecule has 0 aliphatic heterocycles. The minimum absolute atomic E-state index is 1.26. The van der Waals surface area contributed by atoms with Crippen LogP contribution in [-0.4, -0.2) is 0 Å². The minimum atomic E-state index is 1.26. The van der Waals surface area contributed by atoms with Gasteiger partial charge in [0, 0.05) is 3.57 Å². The third-order valence-electron chi connectivity index (χ3n) is 3.15. The van der Waals surface area contributed by atoms with Crippen molar-refractivity contribution in [2.24, 2.45) is 0 Å². The molecule has 0 amide bonds. The maximum absolute atomic E-state index is 2.33. The molecule has 3 aromatic carbocycles. The molecule has 0 radical (unpaired) electrons. The molecule has 0 aliphatic rings. The lowest BCUT2D eigenvalue weighted by Crippen LogP contribution is -1.81. The maximum atomic E-state index is 2.33. The van der Waals surface area contributed by atoms with Crippen molar-refractivity contribution in [1.29, 1.82) is 0 Å². The third kappa shape index (κ3) is 2.87. The van der Waals surface area contributed by atoms with Crippen LogP contribution in [0.2, 0.25) is 0 Å². The molecule has 19 heavy (non-hydrogen) atoms. The molecule has 3 rings (SSSR count). The highest BCUT2D eigenvalue weighted by Gasteiger charge is 2.01. The zero-order chi connectivity index (χ0) is 13.1. The van der Waals surface area contributed by atoms with Crippen molar-refractivity contribution in [1.82, 2.24) is 0 Å². The molecule has 0 heterocycles. The van der Waals surface area contributed by atoms with Gasteiger partial charge in [-0.2, -0.15) is 0 Å². The largest absolute Gasteiger partial charge is 0.0622 e. The van der Waals surface area contributed by atoms with Crippen molar-refractivity contribution >= 4 is 22.6 Å². The molecule has 0 saturated heterocycles. The van der Waals surface area contributed by atoms with Crippen molar-refractivity contribution in [3.8, 4) is 22.3 Å². The Morgan fingerprint density at radius 3 is 1.63 bits per heavy atom. The van der Waals surface area contributed by atoms with Crippen LogP contribution in [0.1, 0.15) is 0 Å². The molecule has 0 bridgehead atoms. The van der Waals surface area contributed by atoms with Gasteiger partial charge in [0.25, 0.3) is 0 Å². The predicted octanol–water partition coefficient (Wildman–Crippen LogP) is 5.63. The second-order valence-corrected chi connectivity index (χ2v) is 5.70. The van der Waals surface area contributed by atoms with E-state index in [2.05, 4.69) is 95.4 Å². The Morgan fingerprint density at radius 1 is 0.474 bits per heavy atom. The lowest BCUT2D eigenvalue weighted by atomic mass is 9.99. The summed E-state index contributed by atoms with van der Waals surface area (Å²) in [4.78, 5) is 0. The van der Waals surface area contributed by atoms with E-state index in [9.17, 15) is 0 Å². The molecule has 0 spiro atoms. The van der Waals surface area contributed by atoms with Crippen molar-refractivity contribution in [3.05, 3.63) is 82.4 Å². The zero-order valence-corrected chi connectivity index (χ0v) is 12.5. The molecule has 0 saturated carbocycles.